The normalized spacial score (nSPS) is 19.4. The van der Waals surface area contributed by atoms with Crippen molar-refractivity contribution in [2.45, 2.75) is 43.4 Å². The predicted octanol–water partition coefficient (Wildman–Crippen LogP) is 3.00. The molecule has 0 bridgehead atoms. The quantitative estimate of drug-likeness (QED) is 0.744. The summed E-state index contributed by atoms with van der Waals surface area (Å²) in [5.74, 6) is -0.109. The highest BCUT2D eigenvalue weighted by Crippen LogP contribution is 2.26. The highest BCUT2D eigenvalue weighted by atomic mass is 35.5. The van der Waals surface area contributed by atoms with Crippen molar-refractivity contribution < 1.29 is 18.0 Å². The Morgan fingerprint density at radius 2 is 1.57 bits per heavy atom. The first-order valence-electron chi connectivity index (χ1n) is 9.85. The molecule has 28 heavy (non-hydrogen) atoms. The molecule has 1 aromatic carbocycles. The van der Waals surface area contributed by atoms with E-state index in [1.807, 2.05) is 4.90 Å². The molecule has 1 aromatic rings. The molecule has 0 saturated carbocycles. The van der Waals surface area contributed by atoms with Crippen molar-refractivity contribution in [2.75, 3.05) is 32.4 Å². The van der Waals surface area contributed by atoms with Crippen molar-refractivity contribution >= 4 is 33.3 Å². The first kappa shape index (κ1) is 21.1. The average molecular weight is 427 g/mol. The van der Waals surface area contributed by atoms with Crippen LogP contribution in [-0.2, 0) is 14.6 Å². The fourth-order valence-electron chi connectivity index (χ4n) is 3.95. The van der Waals surface area contributed by atoms with Gasteiger partial charge in [-0.3, -0.25) is 9.59 Å². The number of hydrogen-bond donors (Lipinski definition) is 0. The van der Waals surface area contributed by atoms with Gasteiger partial charge in [-0.1, -0.05) is 24.4 Å². The monoisotopic (exact) mass is 426 g/mol. The molecule has 6 nitrogen and oxygen atoms in total. The molecule has 2 heterocycles. The summed E-state index contributed by atoms with van der Waals surface area (Å²) in [5, 5.41) is 0.236. The first-order valence-corrected chi connectivity index (χ1v) is 12.1. The molecule has 3 rings (SSSR count). The number of rotatable bonds is 3. The lowest BCUT2D eigenvalue weighted by molar-refractivity contribution is -0.136. The van der Waals surface area contributed by atoms with Crippen LogP contribution in [0.4, 0.5) is 0 Å². The Bertz CT molecular complexity index is 840. The Morgan fingerprint density at radius 3 is 2.14 bits per heavy atom. The molecule has 2 amide bonds. The molecule has 2 fully saturated rings. The number of nitrogens with zero attached hydrogens (tertiary/aromatic N) is 2. The lowest BCUT2D eigenvalue weighted by Crippen LogP contribution is -2.44. The summed E-state index contributed by atoms with van der Waals surface area (Å²) < 4.78 is 23.6. The van der Waals surface area contributed by atoms with Gasteiger partial charge < -0.3 is 9.80 Å². The number of carbonyl (C=O) groups excluding carboxylic acids is 2. The summed E-state index contributed by atoms with van der Waals surface area (Å²) in [6.45, 7) is 2.63. The molecule has 8 heteroatoms. The van der Waals surface area contributed by atoms with Crippen LogP contribution in [0.5, 0.6) is 0 Å². The minimum atomic E-state index is -3.42. The Hall–Kier alpha value is -1.60. The molecular formula is C20H27ClN2O4S. The van der Waals surface area contributed by atoms with Crippen LogP contribution in [0.25, 0.3) is 0 Å². The molecule has 0 spiro atoms. The smallest absolute Gasteiger partial charge is 0.255 e. The topological polar surface area (TPSA) is 74.8 Å². The Labute approximate surface area is 171 Å². The van der Waals surface area contributed by atoms with E-state index in [4.69, 9.17) is 11.6 Å². The minimum absolute atomic E-state index is 0.0417. The number of benzene rings is 1. The maximum Gasteiger partial charge on any atom is 0.255 e. The molecule has 0 aromatic heterocycles. The lowest BCUT2D eigenvalue weighted by atomic mass is 9.94. The Balaban J connectivity index is 1.65. The first-order chi connectivity index (χ1) is 13.3. The van der Waals surface area contributed by atoms with Crippen LogP contribution < -0.4 is 0 Å². The van der Waals surface area contributed by atoms with Crippen molar-refractivity contribution in [1.82, 2.24) is 9.80 Å². The molecule has 0 N–H and O–H groups in total. The molecule has 2 aliphatic rings. The van der Waals surface area contributed by atoms with E-state index in [9.17, 15) is 18.0 Å². The Morgan fingerprint density at radius 1 is 0.964 bits per heavy atom. The van der Waals surface area contributed by atoms with Crippen molar-refractivity contribution in [3.63, 3.8) is 0 Å². The molecule has 0 unspecified atom stereocenters. The molecule has 0 atom stereocenters. The van der Waals surface area contributed by atoms with Crippen molar-refractivity contribution in [1.29, 1.82) is 0 Å². The van der Waals surface area contributed by atoms with Gasteiger partial charge in [0.25, 0.3) is 5.91 Å². The van der Waals surface area contributed by atoms with E-state index >= 15 is 0 Å². The Kier molecular flexibility index (Phi) is 6.65. The lowest BCUT2D eigenvalue weighted by Gasteiger charge is -2.34. The van der Waals surface area contributed by atoms with Crippen LogP contribution in [0.15, 0.2) is 23.1 Å². The van der Waals surface area contributed by atoms with Crippen molar-refractivity contribution in [3.8, 4) is 0 Å². The van der Waals surface area contributed by atoms with E-state index in [1.54, 1.807) is 4.90 Å². The van der Waals surface area contributed by atoms with Gasteiger partial charge in [-0.25, -0.2) is 8.42 Å². The molecule has 0 aliphatic carbocycles. The summed E-state index contributed by atoms with van der Waals surface area (Å²) in [4.78, 5) is 29.4. The maximum absolute atomic E-state index is 12.9. The predicted molar refractivity (Wildman–Crippen MR) is 108 cm³/mol. The number of sulfone groups is 1. The third-order valence-electron chi connectivity index (χ3n) is 5.65. The van der Waals surface area contributed by atoms with Crippen molar-refractivity contribution in [2.24, 2.45) is 5.92 Å². The third-order valence-corrected chi connectivity index (χ3v) is 7.09. The van der Waals surface area contributed by atoms with E-state index < -0.39 is 9.84 Å². The SMILES string of the molecule is CS(=O)(=O)c1ccc(Cl)c(C(=O)N2CCC(C(=O)N3CCCCCC3)CC2)c1. The van der Waals surface area contributed by atoms with E-state index in [0.717, 1.165) is 32.2 Å². The van der Waals surface area contributed by atoms with Crippen LogP contribution in [0.3, 0.4) is 0 Å². The zero-order chi connectivity index (χ0) is 20.3. The molecule has 2 saturated heterocycles. The van der Waals surface area contributed by atoms with Crippen LogP contribution in [0.1, 0.15) is 48.9 Å². The average Bonchev–Trinajstić information content (AvgIpc) is 2.96. The number of piperidine rings is 1. The van der Waals surface area contributed by atoms with Gasteiger partial charge in [-0.05, 0) is 43.9 Å². The molecule has 2 aliphatic heterocycles. The van der Waals surface area contributed by atoms with Gasteiger partial charge in [-0.2, -0.15) is 0 Å². The summed E-state index contributed by atoms with van der Waals surface area (Å²) in [5.41, 5.74) is 0.196. The number of hydrogen-bond acceptors (Lipinski definition) is 4. The van der Waals surface area contributed by atoms with Gasteiger partial charge in [0.1, 0.15) is 0 Å². The standard InChI is InChI=1S/C20H27ClN2O4S/c1-28(26,27)16-6-7-18(21)17(14-16)20(25)23-12-8-15(9-13-23)19(24)22-10-4-2-3-5-11-22/h6-7,14-15H,2-5,8-13H2,1H3. The van der Waals surface area contributed by atoms with Gasteiger partial charge >= 0.3 is 0 Å². The van der Waals surface area contributed by atoms with Gasteiger partial charge in [0.2, 0.25) is 5.91 Å². The zero-order valence-corrected chi connectivity index (χ0v) is 17.8. The number of carbonyl (C=O) groups is 2. The van der Waals surface area contributed by atoms with Crippen molar-refractivity contribution in [3.05, 3.63) is 28.8 Å². The second kappa shape index (κ2) is 8.82. The second-order valence-corrected chi connectivity index (χ2v) is 10.1. The highest BCUT2D eigenvalue weighted by molar-refractivity contribution is 7.90. The van der Waals surface area contributed by atoms with Crippen LogP contribution in [0, 0.1) is 5.92 Å². The summed E-state index contributed by atoms with van der Waals surface area (Å²) in [6, 6.07) is 4.19. The molecule has 154 valence electrons. The summed E-state index contributed by atoms with van der Waals surface area (Å²) >= 11 is 6.15. The largest absolute Gasteiger partial charge is 0.342 e. The summed E-state index contributed by atoms with van der Waals surface area (Å²) in [7, 11) is -3.42. The van der Waals surface area contributed by atoms with Gasteiger partial charge in [0, 0.05) is 38.4 Å². The number of amides is 2. The maximum atomic E-state index is 12.9. The fourth-order valence-corrected chi connectivity index (χ4v) is 4.79. The number of likely N-dealkylation sites (tertiary alicyclic amines) is 2. The van der Waals surface area contributed by atoms with E-state index in [2.05, 4.69) is 0 Å². The second-order valence-electron chi connectivity index (χ2n) is 7.72. The highest BCUT2D eigenvalue weighted by Gasteiger charge is 2.31. The number of halogens is 1. The van der Waals surface area contributed by atoms with Crippen LogP contribution >= 0.6 is 11.6 Å². The van der Waals surface area contributed by atoms with Crippen LogP contribution in [-0.4, -0.2) is 62.5 Å². The zero-order valence-electron chi connectivity index (χ0n) is 16.2. The van der Waals surface area contributed by atoms with E-state index in [0.29, 0.717) is 25.9 Å². The van der Waals surface area contributed by atoms with E-state index in [-0.39, 0.29) is 33.2 Å². The van der Waals surface area contributed by atoms with Gasteiger partial charge in [0.05, 0.1) is 15.5 Å². The minimum Gasteiger partial charge on any atom is -0.342 e. The molecular weight excluding hydrogens is 400 g/mol. The summed E-state index contributed by atoms with van der Waals surface area (Å²) in [6.07, 6.45) is 6.86. The van der Waals surface area contributed by atoms with Gasteiger partial charge in [-0.15, -0.1) is 0 Å². The van der Waals surface area contributed by atoms with Gasteiger partial charge in [0.15, 0.2) is 9.84 Å². The third kappa shape index (κ3) is 4.87. The fraction of sp³-hybridized carbons (Fsp3) is 0.600. The van der Waals surface area contributed by atoms with Crippen LogP contribution in [0.2, 0.25) is 5.02 Å². The van der Waals surface area contributed by atoms with E-state index in [1.165, 1.54) is 31.0 Å². The molecule has 0 radical (unpaired) electrons.